The molecule has 0 saturated heterocycles. The number of benzene rings is 1. The lowest BCUT2D eigenvalue weighted by atomic mass is 10.1. The number of hydrogen-bond donors (Lipinski definition) is 1. The summed E-state index contributed by atoms with van der Waals surface area (Å²) in [6.07, 6.45) is 6.52. The molecule has 1 unspecified atom stereocenters. The lowest BCUT2D eigenvalue weighted by molar-refractivity contribution is 0.635. The average molecular weight is 274 g/mol. The van der Waals surface area contributed by atoms with E-state index < -0.39 is 0 Å². The van der Waals surface area contributed by atoms with E-state index in [-0.39, 0.29) is 6.04 Å². The topological polar surface area (TPSA) is 30.9 Å². The minimum absolute atomic E-state index is 0.188. The number of thioether (sulfide) groups is 1. The highest BCUT2D eigenvalue weighted by atomic mass is 32.2. The van der Waals surface area contributed by atoms with Crippen LogP contribution in [0.25, 0.3) is 0 Å². The van der Waals surface area contributed by atoms with Crippen LogP contribution >= 0.6 is 11.8 Å². The van der Waals surface area contributed by atoms with E-state index in [1.54, 1.807) is 0 Å². The summed E-state index contributed by atoms with van der Waals surface area (Å²) in [4.78, 5) is 1.33. The van der Waals surface area contributed by atoms with E-state index in [2.05, 4.69) is 60.3 Å². The van der Waals surface area contributed by atoms with Gasteiger partial charge in [-0.05, 0) is 30.2 Å². The Kier molecular flexibility index (Phi) is 5.55. The van der Waals surface area contributed by atoms with E-state index in [9.17, 15) is 0 Å². The molecule has 1 atom stereocenters. The maximum absolute atomic E-state index is 6.12. The highest BCUT2D eigenvalue weighted by Crippen LogP contribution is 2.19. The molecule has 1 heterocycles. The predicted octanol–water partition coefficient (Wildman–Crippen LogP) is 4.08. The molecule has 102 valence electrons. The van der Waals surface area contributed by atoms with Crippen molar-refractivity contribution in [3.8, 4) is 0 Å². The second kappa shape index (κ2) is 7.41. The maximum Gasteiger partial charge on any atom is 0.0314 e. The minimum Gasteiger partial charge on any atom is -0.353 e. The Balaban J connectivity index is 1.80. The Bertz CT molecular complexity index is 479. The van der Waals surface area contributed by atoms with Gasteiger partial charge in [-0.25, -0.2) is 0 Å². The number of rotatable bonds is 7. The zero-order valence-electron chi connectivity index (χ0n) is 11.5. The number of hydrogen-bond acceptors (Lipinski definition) is 2. The molecule has 3 heteroatoms. The van der Waals surface area contributed by atoms with Crippen LogP contribution in [0.15, 0.2) is 53.7 Å². The largest absolute Gasteiger partial charge is 0.353 e. The zero-order chi connectivity index (χ0) is 13.5. The van der Waals surface area contributed by atoms with E-state index in [4.69, 9.17) is 5.73 Å². The quantitative estimate of drug-likeness (QED) is 0.771. The van der Waals surface area contributed by atoms with Gasteiger partial charge in [0.1, 0.15) is 0 Å². The van der Waals surface area contributed by atoms with Crippen LogP contribution in [0.3, 0.4) is 0 Å². The molecule has 1 aromatic carbocycles. The van der Waals surface area contributed by atoms with Crippen LogP contribution in [0.5, 0.6) is 0 Å². The fraction of sp³-hybridized carbons (Fsp3) is 0.375. The lowest BCUT2D eigenvalue weighted by Gasteiger charge is -2.07. The van der Waals surface area contributed by atoms with Crippen molar-refractivity contribution in [2.75, 3.05) is 5.75 Å². The first-order valence-electron chi connectivity index (χ1n) is 6.88. The first-order chi connectivity index (χ1) is 9.29. The van der Waals surface area contributed by atoms with E-state index in [1.165, 1.54) is 10.5 Å². The molecule has 2 nitrogen and oxygen atoms in total. The van der Waals surface area contributed by atoms with Crippen LogP contribution in [0.2, 0.25) is 0 Å². The zero-order valence-corrected chi connectivity index (χ0v) is 12.3. The second-order valence-electron chi connectivity index (χ2n) is 4.74. The van der Waals surface area contributed by atoms with Gasteiger partial charge in [-0.15, -0.1) is 11.8 Å². The van der Waals surface area contributed by atoms with Gasteiger partial charge in [0, 0.05) is 35.6 Å². The van der Waals surface area contributed by atoms with Crippen LogP contribution in [0, 0.1) is 0 Å². The maximum atomic E-state index is 6.12. The third-order valence-corrected chi connectivity index (χ3v) is 4.15. The van der Waals surface area contributed by atoms with Crippen LogP contribution < -0.4 is 5.73 Å². The van der Waals surface area contributed by atoms with Crippen LogP contribution in [-0.2, 0) is 6.54 Å². The smallest absolute Gasteiger partial charge is 0.0314 e. The van der Waals surface area contributed by atoms with Gasteiger partial charge >= 0.3 is 0 Å². The fourth-order valence-electron chi connectivity index (χ4n) is 2.08. The van der Waals surface area contributed by atoms with Crippen LogP contribution in [-0.4, -0.2) is 10.3 Å². The molecule has 0 aliphatic rings. The summed E-state index contributed by atoms with van der Waals surface area (Å²) in [5, 5.41) is 0. The molecule has 0 radical (unpaired) electrons. The van der Waals surface area contributed by atoms with E-state index in [1.807, 2.05) is 11.8 Å². The van der Waals surface area contributed by atoms with Crippen LogP contribution in [0.1, 0.15) is 31.4 Å². The van der Waals surface area contributed by atoms with Crippen molar-refractivity contribution in [2.24, 2.45) is 5.73 Å². The SMILES string of the molecule is CCCC(N)c1ccn(CCSc2ccccc2)c1. The summed E-state index contributed by atoms with van der Waals surface area (Å²) in [5.41, 5.74) is 7.38. The number of aromatic nitrogens is 1. The Morgan fingerprint density at radius 2 is 2.00 bits per heavy atom. The number of nitrogens with two attached hydrogens (primary N) is 1. The van der Waals surface area contributed by atoms with Gasteiger partial charge in [-0.1, -0.05) is 31.5 Å². The second-order valence-corrected chi connectivity index (χ2v) is 5.91. The molecule has 0 aliphatic carbocycles. The third kappa shape index (κ3) is 4.44. The van der Waals surface area contributed by atoms with Gasteiger partial charge < -0.3 is 10.3 Å². The monoisotopic (exact) mass is 274 g/mol. The fourth-order valence-corrected chi connectivity index (χ4v) is 2.97. The molecular formula is C16H22N2S. The Labute approximate surface area is 120 Å². The van der Waals surface area contributed by atoms with Gasteiger partial charge in [0.05, 0.1) is 0 Å². The van der Waals surface area contributed by atoms with Crippen molar-refractivity contribution in [1.82, 2.24) is 4.57 Å². The molecule has 1 aromatic heterocycles. The van der Waals surface area contributed by atoms with Crippen LogP contribution in [0.4, 0.5) is 0 Å². The van der Waals surface area contributed by atoms with Crippen molar-refractivity contribution in [1.29, 1.82) is 0 Å². The molecule has 2 aromatic rings. The number of aryl methyl sites for hydroxylation is 1. The average Bonchev–Trinajstić information content (AvgIpc) is 2.89. The van der Waals surface area contributed by atoms with E-state index in [0.29, 0.717) is 0 Å². The van der Waals surface area contributed by atoms with Crippen molar-refractivity contribution in [3.63, 3.8) is 0 Å². The molecule has 0 aliphatic heterocycles. The minimum atomic E-state index is 0.188. The molecular weight excluding hydrogens is 252 g/mol. The van der Waals surface area contributed by atoms with Gasteiger partial charge in [0.15, 0.2) is 0 Å². The number of nitrogens with zero attached hydrogens (tertiary/aromatic N) is 1. The first-order valence-corrected chi connectivity index (χ1v) is 7.87. The summed E-state index contributed by atoms with van der Waals surface area (Å²) >= 11 is 1.89. The Morgan fingerprint density at radius 3 is 2.74 bits per heavy atom. The highest BCUT2D eigenvalue weighted by molar-refractivity contribution is 7.99. The van der Waals surface area contributed by atoms with Crippen molar-refractivity contribution < 1.29 is 0 Å². The predicted molar refractivity (Wildman–Crippen MR) is 83.4 cm³/mol. The van der Waals surface area contributed by atoms with Crippen molar-refractivity contribution in [3.05, 3.63) is 54.4 Å². The molecule has 0 amide bonds. The molecule has 0 bridgehead atoms. The van der Waals surface area contributed by atoms with E-state index >= 15 is 0 Å². The summed E-state index contributed by atoms with van der Waals surface area (Å²) in [7, 11) is 0. The van der Waals surface area contributed by atoms with E-state index in [0.717, 1.165) is 25.1 Å². The van der Waals surface area contributed by atoms with Gasteiger partial charge in [-0.2, -0.15) is 0 Å². The summed E-state index contributed by atoms with van der Waals surface area (Å²) in [6.45, 7) is 3.20. The van der Waals surface area contributed by atoms with Crippen molar-refractivity contribution in [2.45, 2.75) is 37.2 Å². The molecule has 2 rings (SSSR count). The molecule has 0 fully saturated rings. The normalized spacial score (nSPS) is 12.5. The lowest BCUT2D eigenvalue weighted by Crippen LogP contribution is -2.08. The highest BCUT2D eigenvalue weighted by Gasteiger charge is 2.06. The summed E-state index contributed by atoms with van der Waals surface area (Å²) in [6, 6.07) is 12.9. The summed E-state index contributed by atoms with van der Waals surface area (Å²) in [5.74, 6) is 1.08. The van der Waals surface area contributed by atoms with Crippen molar-refractivity contribution >= 4 is 11.8 Å². The molecule has 19 heavy (non-hydrogen) atoms. The summed E-state index contributed by atoms with van der Waals surface area (Å²) < 4.78 is 2.24. The Hall–Kier alpha value is -1.19. The van der Waals surface area contributed by atoms with Gasteiger partial charge in [0.25, 0.3) is 0 Å². The first kappa shape index (κ1) is 14.2. The Morgan fingerprint density at radius 1 is 1.21 bits per heavy atom. The molecule has 0 saturated carbocycles. The van der Waals surface area contributed by atoms with Gasteiger partial charge in [0.2, 0.25) is 0 Å². The molecule has 0 spiro atoms. The molecule has 2 N–H and O–H groups in total. The standard InChI is InChI=1S/C16H22N2S/c1-2-6-16(17)14-9-10-18(13-14)11-12-19-15-7-4-3-5-8-15/h3-5,7-10,13,16H,2,6,11-12,17H2,1H3. The third-order valence-electron chi connectivity index (χ3n) is 3.16. The van der Waals surface area contributed by atoms with Gasteiger partial charge in [-0.3, -0.25) is 0 Å².